The standard InChI is InChI=1S/C20H36N4O2S/c1-15(2)22-20(21-12-16-8-11-27(25,26)14-16)23-10-7-19-17(13-23)4-3-9-24(19)18-5-6-18/h15-19H,3-14H2,1-2H3,(H,21,22). The zero-order valence-corrected chi connectivity index (χ0v) is 17.8. The Morgan fingerprint density at radius 1 is 1.15 bits per heavy atom. The van der Waals surface area contributed by atoms with Crippen LogP contribution < -0.4 is 5.32 Å². The molecule has 4 aliphatic rings. The number of nitrogens with zero attached hydrogens (tertiary/aromatic N) is 3. The molecule has 4 fully saturated rings. The fourth-order valence-corrected chi connectivity index (χ4v) is 7.07. The first-order valence-corrected chi connectivity index (χ1v) is 12.8. The van der Waals surface area contributed by atoms with E-state index in [2.05, 4.69) is 29.0 Å². The molecule has 3 saturated heterocycles. The molecule has 3 atom stereocenters. The predicted octanol–water partition coefficient (Wildman–Crippen LogP) is 1.72. The van der Waals surface area contributed by atoms with E-state index in [1.54, 1.807) is 0 Å². The molecule has 0 bridgehead atoms. The summed E-state index contributed by atoms with van der Waals surface area (Å²) >= 11 is 0. The number of aliphatic imine (C=N–C) groups is 1. The minimum absolute atomic E-state index is 0.191. The van der Waals surface area contributed by atoms with Gasteiger partial charge in [0, 0.05) is 37.8 Å². The molecular formula is C20H36N4O2S. The molecule has 4 rings (SSSR count). The molecular weight excluding hydrogens is 360 g/mol. The minimum Gasteiger partial charge on any atom is -0.354 e. The second-order valence-electron chi connectivity index (χ2n) is 9.41. The van der Waals surface area contributed by atoms with Crippen molar-refractivity contribution in [2.24, 2.45) is 16.8 Å². The van der Waals surface area contributed by atoms with Crippen molar-refractivity contribution in [3.8, 4) is 0 Å². The lowest BCUT2D eigenvalue weighted by Gasteiger charge is -2.48. The Hall–Kier alpha value is -0.820. The number of likely N-dealkylation sites (tertiary alicyclic amines) is 2. The van der Waals surface area contributed by atoms with Gasteiger partial charge < -0.3 is 10.2 Å². The van der Waals surface area contributed by atoms with Crippen LogP contribution in [0.4, 0.5) is 0 Å². The van der Waals surface area contributed by atoms with Crippen molar-refractivity contribution < 1.29 is 8.42 Å². The number of fused-ring (bicyclic) bond motifs is 1. The van der Waals surface area contributed by atoms with E-state index < -0.39 is 9.84 Å². The van der Waals surface area contributed by atoms with Crippen molar-refractivity contribution in [2.75, 3.05) is 37.7 Å². The maximum atomic E-state index is 11.7. The van der Waals surface area contributed by atoms with Crippen LogP contribution in [-0.4, -0.2) is 80.0 Å². The molecule has 7 heteroatoms. The van der Waals surface area contributed by atoms with Gasteiger partial charge in [0.2, 0.25) is 0 Å². The van der Waals surface area contributed by atoms with Gasteiger partial charge in [0.15, 0.2) is 15.8 Å². The highest BCUT2D eigenvalue weighted by molar-refractivity contribution is 7.91. The molecule has 3 heterocycles. The lowest BCUT2D eigenvalue weighted by molar-refractivity contribution is 0.0368. The highest BCUT2D eigenvalue weighted by Crippen LogP contribution is 2.38. The molecule has 0 radical (unpaired) electrons. The third-order valence-electron chi connectivity index (χ3n) is 6.67. The van der Waals surface area contributed by atoms with Gasteiger partial charge in [-0.05, 0) is 70.8 Å². The van der Waals surface area contributed by atoms with Gasteiger partial charge in [-0.2, -0.15) is 0 Å². The van der Waals surface area contributed by atoms with Crippen LogP contribution in [0.5, 0.6) is 0 Å². The number of rotatable bonds is 4. The summed E-state index contributed by atoms with van der Waals surface area (Å²) in [6.07, 6.45) is 7.47. The summed E-state index contributed by atoms with van der Waals surface area (Å²) in [6, 6.07) is 1.97. The SMILES string of the molecule is CC(C)NC(=NCC1CCS(=O)(=O)C1)N1CCC2C(CCCN2C2CC2)C1. The van der Waals surface area contributed by atoms with Gasteiger partial charge in [0.05, 0.1) is 11.5 Å². The molecule has 0 spiro atoms. The van der Waals surface area contributed by atoms with Crippen molar-refractivity contribution >= 4 is 15.8 Å². The number of hydrogen-bond donors (Lipinski definition) is 1. The number of sulfone groups is 1. The molecule has 0 aromatic rings. The number of nitrogens with one attached hydrogen (secondary N) is 1. The first-order valence-electron chi connectivity index (χ1n) is 10.9. The molecule has 3 unspecified atom stereocenters. The molecule has 1 aliphatic carbocycles. The summed E-state index contributed by atoms with van der Waals surface area (Å²) in [5.74, 6) is 2.59. The topological polar surface area (TPSA) is 65.0 Å². The molecule has 1 saturated carbocycles. The van der Waals surface area contributed by atoms with E-state index in [9.17, 15) is 8.42 Å². The van der Waals surface area contributed by atoms with Gasteiger partial charge in [-0.25, -0.2) is 8.42 Å². The van der Waals surface area contributed by atoms with Gasteiger partial charge in [0.1, 0.15) is 0 Å². The normalized spacial score (nSPS) is 34.7. The zero-order valence-electron chi connectivity index (χ0n) is 16.9. The van der Waals surface area contributed by atoms with Crippen LogP contribution in [0.3, 0.4) is 0 Å². The summed E-state index contributed by atoms with van der Waals surface area (Å²) in [7, 11) is -2.82. The zero-order chi connectivity index (χ0) is 19.0. The van der Waals surface area contributed by atoms with E-state index in [1.807, 2.05) is 0 Å². The van der Waals surface area contributed by atoms with Gasteiger partial charge in [-0.1, -0.05) is 0 Å². The summed E-state index contributed by atoms with van der Waals surface area (Å²) in [5.41, 5.74) is 0. The van der Waals surface area contributed by atoms with Crippen LogP contribution in [0.2, 0.25) is 0 Å². The van der Waals surface area contributed by atoms with E-state index in [4.69, 9.17) is 4.99 Å². The minimum atomic E-state index is -2.82. The van der Waals surface area contributed by atoms with E-state index in [1.165, 1.54) is 38.6 Å². The smallest absolute Gasteiger partial charge is 0.194 e. The lowest BCUT2D eigenvalue weighted by Crippen LogP contribution is -2.58. The Labute approximate surface area is 164 Å². The highest BCUT2D eigenvalue weighted by Gasteiger charge is 2.42. The van der Waals surface area contributed by atoms with Crippen molar-refractivity contribution in [3.05, 3.63) is 0 Å². The van der Waals surface area contributed by atoms with Crippen LogP contribution in [0, 0.1) is 11.8 Å². The number of piperidine rings is 2. The molecule has 0 aromatic heterocycles. The first kappa shape index (κ1) is 19.5. The van der Waals surface area contributed by atoms with Crippen molar-refractivity contribution in [1.82, 2.24) is 15.1 Å². The molecule has 3 aliphatic heterocycles. The van der Waals surface area contributed by atoms with Crippen LogP contribution in [-0.2, 0) is 9.84 Å². The van der Waals surface area contributed by atoms with Gasteiger partial charge in [0.25, 0.3) is 0 Å². The molecule has 0 amide bonds. The average Bonchev–Trinajstić information content (AvgIpc) is 3.41. The van der Waals surface area contributed by atoms with E-state index in [0.29, 0.717) is 24.1 Å². The Balaban J connectivity index is 1.41. The Morgan fingerprint density at radius 3 is 2.63 bits per heavy atom. The Bertz CT molecular complexity index is 659. The van der Waals surface area contributed by atoms with Crippen LogP contribution in [0.1, 0.15) is 52.4 Å². The quantitative estimate of drug-likeness (QED) is 0.579. The molecule has 6 nitrogen and oxygen atoms in total. The fraction of sp³-hybridized carbons (Fsp3) is 0.950. The van der Waals surface area contributed by atoms with Gasteiger partial charge in [-0.15, -0.1) is 0 Å². The summed E-state index contributed by atoms with van der Waals surface area (Å²) in [4.78, 5) is 10.1. The second-order valence-corrected chi connectivity index (χ2v) is 11.6. The monoisotopic (exact) mass is 396 g/mol. The summed E-state index contributed by atoms with van der Waals surface area (Å²) in [6.45, 7) is 8.39. The highest BCUT2D eigenvalue weighted by atomic mass is 32.2. The fourth-order valence-electron chi connectivity index (χ4n) is 5.22. The summed E-state index contributed by atoms with van der Waals surface area (Å²) in [5, 5.41) is 3.55. The second kappa shape index (κ2) is 7.90. The summed E-state index contributed by atoms with van der Waals surface area (Å²) < 4.78 is 23.5. The van der Waals surface area contributed by atoms with Crippen LogP contribution >= 0.6 is 0 Å². The maximum absolute atomic E-state index is 11.7. The van der Waals surface area contributed by atoms with Crippen molar-refractivity contribution in [3.63, 3.8) is 0 Å². The average molecular weight is 397 g/mol. The number of hydrogen-bond acceptors (Lipinski definition) is 4. The van der Waals surface area contributed by atoms with Gasteiger partial charge >= 0.3 is 0 Å². The molecule has 27 heavy (non-hydrogen) atoms. The molecule has 154 valence electrons. The van der Waals surface area contributed by atoms with E-state index in [0.717, 1.165) is 43.5 Å². The number of guanidine groups is 1. The lowest BCUT2D eigenvalue weighted by atomic mass is 9.83. The van der Waals surface area contributed by atoms with Crippen molar-refractivity contribution in [2.45, 2.75) is 70.5 Å². The molecule has 0 aromatic carbocycles. The molecule has 1 N–H and O–H groups in total. The third-order valence-corrected chi connectivity index (χ3v) is 8.51. The first-order chi connectivity index (χ1) is 12.9. The maximum Gasteiger partial charge on any atom is 0.194 e. The van der Waals surface area contributed by atoms with Gasteiger partial charge in [-0.3, -0.25) is 9.89 Å². The van der Waals surface area contributed by atoms with Crippen molar-refractivity contribution in [1.29, 1.82) is 0 Å². The Kier molecular flexibility index (Phi) is 5.70. The van der Waals surface area contributed by atoms with E-state index in [-0.39, 0.29) is 5.92 Å². The third kappa shape index (κ3) is 4.78. The van der Waals surface area contributed by atoms with Crippen LogP contribution in [0.25, 0.3) is 0 Å². The van der Waals surface area contributed by atoms with E-state index >= 15 is 0 Å². The largest absolute Gasteiger partial charge is 0.354 e. The predicted molar refractivity (Wildman–Crippen MR) is 110 cm³/mol. The van der Waals surface area contributed by atoms with Crippen LogP contribution in [0.15, 0.2) is 4.99 Å². The Morgan fingerprint density at radius 2 is 1.96 bits per heavy atom.